The number of thioether (sulfide) groups is 1. The first-order valence-corrected chi connectivity index (χ1v) is 5.05. The molecule has 0 aromatic heterocycles. The van der Waals surface area contributed by atoms with Crippen LogP contribution in [0.3, 0.4) is 0 Å². The molecule has 0 heterocycles. The van der Waals surface area contributed by atoms with Crippen molar-refractivity contribution in [3.63, 3.8) is 0 Å². The lowest BCUT2D eigenvalue weighted by Gasteiger charge is -2.05. The molecule has 0 aliphatic carbocycles. The lowest BCUT2D eigenvalue weighted by atomic mass is 10.5. The second-order valence-electron chi connectivity index (χ2n) is 2.09. The van der Waals surface area contributed by atoms with Gasteiger partial charge < -0.3 is 5.32 Å². The topological polar surface area (TPSA) is 12.0 Å². The van der Waals surface area contributed by atoms with E-state index >= 15 is 0 Å². The highest BCUT2D eigenvalue weighted by Crippen LogP contribution is 2.29. The van der Waals surface area contributed by atoms with E-state index in [9.17, 15) is 13.2 Å². The van der Waals surface area contributed by atoms with E-state index in [0.717, 1.165) is 6.42 Å². The van der Waals surface area contributed by atoms with Gasteiger partial charge in [-0.1, -0.05) is 0 Å². The summed E-state index contributed by atoms with van der Waals surface area (Å²) in [5.74, 6) is 0.602. The lowest BCUT2D eigenvalue weighted by molar-refractivity contribution is -0.0327. The fourth-order valence-electron chi connectivity index (χ4n) is 0.556. The maximum atomic E-state index is 11.5. The smallest absolute Gasteiger partial charge is 0.316 e. The largest absolute Gasteiger partial charge is 0.441 e. The Morgan fingerprint density at radius 1 is 1.25 bits per heavy atom. The Kier molecular flexibility index (Phi) is 7.08. The van der Waals surface area contributed by atoms with Gasteiger partial charge in [-0.15, -0.1) is 11.6 Å². The molecule has 0 aromatic carbocycles. The van der Waals surface area contributed by atoms with Gasteiger partial charge >= 0.3 is 5.51 Å². The molecule has 0 aliphatic rings. The first kappa shape index (κ1) is 12.4. The Morgan fingerprint density at radius 3 is 2.42 bits per heavy atom. The lowest BCUT2D eigenvalue weighted by Crippen LogP contribution is -2.20. The van der Waals surface area contributed by atoms with Crippen molar-refractivity contribution in [1.82, 2.24) is 5.32 Å². The van der Waals surface area contributed by atoms with Gasteiger partial charge in [0.15, 0.2) is 0 Å². The van der Waals surface area contributed by atoms with E-state index in [-0.39, 0.29) is 17.5 Å². The Balaban J connectivity index is 3.01. The Hall–Kier alpha value is 0.390. The summed E-state index contributed by atoms with van der Waals surface area (Å²) in [6.45, 7) is 1.06. The Bertz CT molecular complexity index is 109. The summed E-state index contributed by atoms with van der Waals surface area (Å²) in [4.78, 5) is 0. The van der Waals surface area contributed by atoms with Crippen LogP contribution in [0.4, 0.5) is 13.2 Å². The summed E-state index contributed by atoms with van der Waals surface area (Å²) >= 11 is 5.36. The molecule has 74 valence electrons. The first-order valence-electron chi connectivity index (χ1n) is 3.53. The molecule has 0 rings (SSSR count). The second kappa shape index (κ2) is 6.86. The van der Waals surface area contributed by atoms with Crippen LogP contribution in [0.25, 0.3) is 0 Å². The van der Waals surface area contributed by atoms with E-state index < -0.39 is 5.51 Å². The molecule has 0 aromatic rings. The van der Waals surface area contributed by atoms with Gasteiger partial charge in [-0.05, 0) is 24.7 Å². The average Bonchev–Trinajstić information content (AvgIpc) is 1.94. The number of rotatable bonds is 6. The fourth-order valence-corrected chi connectivity index (χ4v) is 1.17. The molecule has 0 bridgehead atoms. The molecule has 6 heteroatoms. The Labute approximate surface area is 79.0 Å². The molecule has 1 nitrogen and oxygen atoms in total. The third-order valence-corrected chi connectivity index (χ3v) is 2.03. The summed E-state index contributed by atoms with van der Waals surface area (Å²) in [6, 6.07) is 0. The molecule has 0 amide bonds. The van der Waals surface area contributed by atoms with Crippen molar-refractivity contribution >= 4 is 23.4 Å². The van der Waals surface area contributed by atoms with Gasteiger partial charge in [0.05, 0.1) is 0 Å². The minimum atomic E-state index is -4.10. The average molecular weight is 222 g/mol. The predicted octanol–water partition coefficient (Wildman–Crippen LogP) is 2.46. The zero-order chi connectivity index (χ0) is 9.45. The SMILES string of the molecule is FC(F)(F)SCCNCCCCl. The molecular weight excluding hydrogens is 211 g/mol. The molecule has 1 N–H and O–H groups in total. The van der Waals surface area contributed by atoms with Crippen LogP contribution in [-0.2, 0) is 0 Å². The van der Waals surface area contributed by atoms with E-state index in [4.69, 9.17) is 11.6 Å². The van der Waals surface area contributed by atoms with E-state index in [1.807, 2.05) is 0 Å². The minimum absolute atomic E-state index is 0.00388. The monoisotopic (exact) mass is 221 g/mol. The molecule has 12 heavy (non-hydrogen) atoms. The molecule has 0 spiro atoms. The van der Waals surface area contributed by atoms with Gasteiger partial charge in [-0.3, -0.25) is 0 Å². The quantitative estimate of drug-likeness (QED) is 0.546. The molecule has 0 atom stereocenters. The van der Waals surface area contributed by atoms with Crippen LogP contribution in [0.2, 0.25) is 0 Å². The van der Waals surface area contributed by atoms with Crippen LogP contribution >= 0.6 is 23.4 Å². The minimum Gasteiger partial charge on any atom is -0.316 e. The predicted molar refractivity (Wildman–Crippen MR) is 46.7 cm³/mol. The van der Waals surface area contributed by atoms with E-state index in [0.29, 0.717) is 19.0 Å². The van der Waals surface area contributed by atoms with Crippen LogP contribution in [-0.4, -0.2) is 30.2 Å². The van der Waals surface area contributed by atoms with Crippen molar-refractivity contribution in [2.24, 2.45) is 0 Å². The number of halogens is 4. The zero-order valence-electron chi connectivity index (χ0n) is 6.46. The van der Waals surface area contributed by atoms with E-state index in [2.05, 4.69) is 5.32 Å². The van der Waals surface area contributed by atoms with Gasteiger partial charge in [-0.2, -0.15) is 13.2 Å². The van der Waals surface area contributed by atoms with Crippen LogP contribution in [0, 0.1) is 0 Å². The van der Waals surface area contributed by atoms with Gasteiger partial charge in [-0.25, -0.2) is 0 Å². The van der Waals surface area contributed by atoms with E-state index in [1.165, 1.54) is 0 Å². The highest BCUT2D eigenvalue weighted by atomic mass is 35.5. The molecule has 0 radical (unpaired) electrons. The molecule has 0 fully saturated rings. The highest BCUT2D eigenvalue weighted by molar-refractivity contribution is 8.00. The number of nitrogens with one attached hydrogen (secondary N) is 1. The maximum absolute atomic E-state index is 11.5. The molecule has 0 saturated heterocycles. The van der Waals surface area contributed by atoms with E-state index in [1.54, 1.807) is 0 Å². The van der Waals surface area contributed by atoms with Crippen molar-refractivity contribution < 1.29 is 13.2 Å². The number of hydrogen-bond acceptors (Lipinski definition) is 2. The number of hydrogen-bond donors (Lipinski definition) is 1. The van der Waals surface area contributed by atoms with Crippen molar-refractivity contribution in [2.75, 3.05) is 24.7 Å². The third kappa shape index (κ3) is 10.4. The highest BCUT2D eigenvalue weighted by Gasteiger charge is 2.27. The summed E-state index contributed by atoms with van der Waals surface area (Å²) in [7, 11) is 0. The molecule has 0 unspecified atom stereocenters. The van der Waals surface area contributed by atoms with Gasteiger partial charge in [0.25, 0.3) is 0 Å². The van der Waals surface area contributed by atoms with Crippen molar-refractivity contribution in [1.29, 1.82) is 0 Å². The van der Waals surface area contributed by atoms with Crippen LogP contribution in [0.15, 0.2) is 0 Å². The first-order chi connectivity index (χ1) is 5.56. The summed E-state index contributed by atoms with van der Waals surface area (Å²) < 4.78 is 34.6. The normalized spacial score (nSPS) is 12.0. The van der Waals surface area contributed by atoms with Crippen LogP contribution < -0.4 is 5.32 Å². The van der Waals surface area contributed by atoms with Gasteiger partial charge in [0.2, 0.25) is 0 Å². The molecule has 0 aliphatic heterocycles. The maximum Gasteiger partial charge on any atom is 0.441 e. The molecule has 0 saturated carbocycles. The van der Waals surface area contributed by atoms with Crippen molar-refractivity contribution in [3.05, 3.63) is 0 Å². The summed E-state index contributed by atoms with van der Waals surface area (Å²) in [5, 5.41) is 2.85. The zero-order valence-corrected chi connectivity index (χ0v) is 8.03. The van der Waals surface area contributed by atoms with Gasteiger partial charge in [0.1, 0.15) is 0 Å². The Morgan fingerprint density at radius 2 is 1.92 bits per heavy atom. The summed E-state index contributed by atoms with van der Waals surface area (Å²) in [5.41, 5.74) is -4.10. The molecular formula is C6H11ClF3NS. The fraction of sp³-hybridized carbons (Fsp3) is 1.00. The second-order valence-corrected chi connectivity index (χ2v) is 3.62. The van der Waals surface area contributed by atoms with Crippen LogP contribution in [0.5, 0.6) is 0 Å². The van der Waals surface area contributed by atoms with Crippen molar-refractivity contribution in [3.8, 4) is 0 Å². The third-order valence-electron chi connectivity index (χ3n) is 1.03. The van der Waals surface area contributed by atoms with Gasteiger partial charge in [0, 0.05) is 18.2 Å². The number of alkyl halides is 4. The van der Waals surface area contributed by atoms with Crippen molar-refractivity contribution in [2.45, 2.75) is 11.9 Å². The van der Waals surface area contributed by atoms with Crippen LogP contribution in [0.1, 0.15) is 6.42 Å². The standard InChI is InChI=1S/C6H11ClF3NS/c7-2-1-3-11-4-5-12-6(8,9)10/h11H,1-5H2. The summed E-state index contributed by atoms with van der Waals surface area (Å²) in [6.07, 6.45) is 0.790.